The average Bonchev–Trinajstić information content (AvgIpc) is 2.18. The quantitative estimate of drug-likeness (QED) is 0.649. The maximum atomic E-state index is 11.8. The Labute approximate surface area is 91.0 Å². The molecule has 0 N–H and O–H groups in total. The molecule has 15 heavy (non-hydrogen) atoms. The Morgan fingerprint density at radius 3 is 2.93 bits per heavy atom. The zero-order valence-electron chi connectivity index (χ0n) is 9.19. The molecule has 1 saturated carbocycles. The van der Waals surface area contributed by atoms with Crippen LogP contribution in [0.1, 0.15) is 26.2 Å². The Morgan fingerprint density at radius 2 is 2.13 bits per heavy atom. The molecule has 0 unspecified atom stereocenters. The standard InChI is InChI=1S/C13H18O2/c1-2-15-13(14)12-9-10-5-3-4-6-11(12)8-7-10/h3-6,10-12H,2,7-9H2,1H3/b5-3-,6-4-/t10-,11+,12-/m0/s1. The van der Waals surface area contributed by atoms with Gasteiger partial charge in [-0.2, -0.15) is 0 Å². The van der Waals surface area contributed by atoms with Crippen molar-refractivity contribution in [3.63, 3.8) is 0 Å². The van der Waals surface area contributed by atoms with E-state index < -0.39 is 0 Å². The molecule has 1 fully saturated rings. The lowest BCUT2D eigenvalue weighted by molar-refractivity contribution is -0.150. The highest BCUT2D eigenvalue weighted by molar-refractivity contribution is 5.73. The van der Waals surface area contributed by atoms with Crippen molar-refractivity contribution >= 4 is 5.97 Å². The van der Waals surface area contributed by atoms with Crippen LogP contribution in [0.5, 0.6) is 0 Å². The fourth-order valence-electron chi connectivity index (χ4n) is 2.58. The molecule has 82 valence electrons. The van der Waals surface area contributed by atoms with E-state index >= 15 is 0 Å². The molecule has 3 aliphatic rings. The highest BCUT2D eigenvalue weighted by Gasteiger charge is 2.34. The molecule has 0 radical (unpaired) electrons. The lowest BCUT2D eigenvalue weighted by Gasteiger charge is -2.32. The molecule has 0 aromatic carbocycles. The van der Waals surface area contributed by atoms with Gasteiger partial charge in [0.25, 0.3) is 0 Å². The van der Waals surface area contributed by atoms with Gasteiger partial charge in [-0.15, -0.1) is 0 Å². The largest absolute Gasteiger partial charge is 0.466 e. The van der Waals surface area contributed by atoms with Gasteiger partial charge in [-0.1, -0.05) is 24.3 Å². The van der Waals surface area contributed by atoms with E-state index in [4.69, 9.17) is 4.74 Å². The highest BCUT2D eigenvalue weighted by Crippen LogP contribution is 2.37. The minimum Gasteiger partial charge on any atom is -0.466 e. The van der Waals surface area contributed by atoms with Crippen LogP contribution in [0, 0.1) is 17.8 Å². The van der Waals surface area contributed by atoms with Crippen molar-refractivity contribution in [3.05, 3.63) is 24.3 Å². The fourth-order valence-corrected chi connectivity index (χ4v) is 2.58. The molecule has 0 saturated heterocycles. The second-order valence-electron chi connectivity index (χ2n) is 4.37. The molecular weight excluding hydrogens is 188 g/mol. The van der Waals surface area contributed by atoms with Crippen LogP contribution in [-0.2, 0) is 9.53 Å². The van der Waals surface area contributed by atoms with E-state index in [2.05, 4.69) is 24.3 Å². The molecule has 2 nitrogen and oxygen atoms in total. The van der Waals surface area contributed by atoms with Gasteiger partial charge in [0, 0.05) is 0 Å². The predicted molar refractivity (Wildman–Crippen MR) is 59.2 cm³/mol. The first-order chi connectivity index (χ1) is 7.31. The summed E-state index contributed by atoms with van der Waals surface area (Å²) in [7, 11) is 0. The Hall–Kier alpha value is -1.05. The number of allylic oxidation sites excluding steroid dienone is 4. The van der Waals surface area contributed by atoms with E-state index in [1.165, 1.54) is 6.42 Å². The summed E-state index contributed by atoms with van der Waals surface area (Å²) >= 11 is 0. The van der Waals surface area contributed by atoms with Crippen molar-refractivity contribution in [3.8, 4) is 0 Å². The SMILES string of the molecule is CCOC(=O)[C@H]1C[C@H]2/C=C\C=C/[C@@H]1CC2. The first-order valence-electron chi connectivity index (χ1n) is 5.83. The van der Waals surface area contributed by atoms with Gasteiger partial charge in [0.2, 0.25) is 0 Å². The third kappa shape index (κ3) is 2.31. The van der Waals surface area contributed by atoms with Crippen LogP contribution < -0.4 is 0 Å². The lowest BCUT2D eigenvalue weighted by Crippen LogP contribution is -2.31. The summed E-state index contributed by atoms with van der Waals surface area (Å²) in [5, 5.41) is 0. The number of esters is 1. The number of ether oxygens (including phenoxy) is 1. The van der Waals surface area contributed by atoms with Crippen LogP contribution in [0.15, 0.2) is 24.3 Å². The van der Waals surface area contributed by atoms with E-state index in [-0.39, 0.29) is 11.9 Å². The summed E-state index contributed by atoms with van der Waals surface area (Å²) in [6.07, 6.45) is 11.9. The summed E-state index contributed by atoms with van der Waals surface area (Å²) in [5.74, 6) is 1.04. The third-order valence-electron chi connectivity index (χ3n) is 3.39. The molecule has 0 aromatic rings. The second-order valence-corrected chi connectivity index (χ2v) is 4.37. The summed E-state index contributed by atoms with van der Waals surface area (Å²) in [6.45, 7) is 2.36. The Balaban J connectivity index is 2.10. The molecule has 0 spiro atoms. The fraction of sp³-hybridized carbons (Fsp3) is 0.615. The second kappa shape index (κ2) is 4.65. The van der Waals surface area contributed by atoms with Gasteiger partial charge in [-0.25, -0.2) is 0 Å². The van der Waals surface area contributed by atoms with E-state index in [1.807, 2.05) is 6.92 Å². The summed E-state index contributed by atoms with van der Waals surface area (Å²) in [5.41, 5.74) is 0. The zero-order valence-corrected chi connectivity index (χ0v) is 9.19. The van der Waals surface area contributed by atoms with Gasteiger partial charge in [0.05, 0.1) is 12.5 Å². The van der Waals surface area contributed by atoms with Crippen molar-refractivity contribution < 1.29 is 9.53 Å². The van der Waals surface area contributed by atoms with Crippen LogP contribution in [0.3, 0.4) is 0 Å². The number of hydrogen-bond acceptors (Lipinski definition) is 2. The Bertz CT molecular complexity index is 291. The van der Waals surface area contributed by atoms with Gasteiger partial charge in [0.15, 0.2) is 0 Å². The van der Waals surface area contributed by atoms with E-state index in [0.29, 0.717) is 18.4 Å². The zero-order chi connectivity index (χ0) is 10.7. The van der Waals surface area contributed by atoms with E-state index in [0.717, 1.165) is 12.8 Å². The first kappa shape index (κ1) is 10.5. The lowest BCUT2D eigenvalue weighted by atomic mass is 9.72. The number of carbonyl (C=O) groups is 1. The van der Waals surface area contributed by atoms with Crippen molar-refractivity contribution in [1.82, 2.24) is 0 Å². The van der Waals surface area contributed by atoms with Crippen molar-refractivity contribution in [2.45, 2.75) is 26.2 Å². The van der Waals surface area contributed by atoms with Gasteiger partial charge < -0.3 is 4.74 Å². The van der Waals surface area contributed by atoms with Crippen LogP contribution >= 0.6 is 0 Å². The topological polar surface area (TPSA) is 26.3 Å². The third-order valence-corrected chi connectivity index (χ3v) is 3.39. The van der Waals surface area contributed by atoms with E-state index in [1.54, 1.807) is 0 Å². The summed E-state index contributed by atoms with van der Waals surface area (Å²) in [4.78, 5) is 11.8. The summed E-state index contributed by atoms with van der Waals surface area (Å²) in [6, 6.07) is 0. The minimum absolute atomic E-state index is 0.00727. The van der Waals surface area contributed by atoms with Gasteiger partial charge in [-0.3, -0.25) is 4.79 Å². The van der Waals surface area contributed by atoms with Gasteiger partial charge >= 0.3 is 5.97 Å². The Morgan fingerprint density at radius 1 is 1.33 bits per heavy atom. The molecule has 0 amide bonds. The Kier molecular flexibility index (Phi) is 3.24. The van der Waals surface area contributed by atoms with E-state index in [9.17, 15) is 4.79 Å². The van der Waals surface area contributed by atoms with Gasteiger partial charge in [0.1, 0.15) is 0 Å². The number of rotatable bonds is 2. The van der Waals surface area contributed by atoms with Crippen molar-refractivity contribution in [1.29, 1.82) is 0 Å². The normalized spacial score (nSPS) is 37.8. The van der Waals surface area contributed by atoms with Crippen molar-refractivity contribution in [2.24, 2.45) is 17.8 Å². The number of hydrogen-bond donors (Lipinski definition) is 0. The monoisotopic (exact) mass is 206 g/mol. The predicted octanol–water partition coefficient (Wildman–Crippen LogP) is 2.71. The van der Waals surface area contributed by atoms with Crippen LogP contribution in [0.2, 0.25) is 0 Å². The molecule has 2 bridgehead atoms. The molecule has 0 heterocycles. The molecule has 3 atom stereocenters. The smallest absolute Gasteiger partial charge is 0.309 e. The van der Waals surface area contributed by atoms with Gasteiger partial charge in [-0.05, 0) is 38.0 Å². The molecule has 0 aromatic heterocycles. The number of fused-ring (bicyclic) bond motifs is 3. The van der Waals surface area contributed by atoms with Crippen molar-refractivity contribution in [2.75, 3.05) is 6.61 Å². The molecule has 2 heteroatoms. The maximum Gasteiger partial charge on any atom is 0.309 e. The molecule has 0 aliphatic heterocycles. The molecule has 3 rings (SSSR count). The minimum atomic E-state index is -0.00727. The van der Waals surface area contributed by atoms with Crippen LogP contribution in [0.25, 0.3) is 0 Å². The first-order valence-corrected chi connectivity index (χ1v) is 5.83. The number of carbonyl (C=O) groups excluding carboxylic acids is 1. The average molecular weight is 206 g/mol. The maximum absolute atomic E-state index is 11.8. The molecule has 3 aliphatic carbocycles. The van der Waals surface area contributed by atoms with Crippen LogP contribution in [-0.4, -0.2) is 12.6 Å². The van der Waals surface area contributed by atoms with Crippen LogP contribution in [0.4, 0.5) is 0 Å². The highest BCUT2D eigenvalue weighted by atomic mass is 16.5. The molecular formula is C13H18O2. The summed E-state index contributed by atoms with van der Waals surface area (Å²) < 4.78 is 5.13.